The van der Waals surface area contributed by atoms with Gasteiger partial charge in [-0.05, 0) is 37.2 Å². The fourth-order valence-electron chi connectivity index (χ4n) is 1.67. The zero-order chi connectivity index (χ0) is 12.4. The predicted octanol–water partition coefficient (Wildman–Crippen LogP) is 1.43. The normalized spacial score (nSPS) is 10.8. The molecule has 0 spiro atoms. The topological polar surface area (TPSA) is 56.7 Å². The van der Waals surface area contributed by atoms with Gasteiger partial charge < -0.3 is 5.73 Å². The zero-order valence-corrected chi connectivity index (χ0v) is 9.94. The average molecular weight is 234 g/mol. The molecule has 0 saturated heterocycles. The number of hydrogen-bond donors (Lipinski definition) is 1. The highest BCUT2D eigenvalue weighted by Crippen LogP contribution is 2.18. The molecule has 0 saturated carbocycles. The summed E-state index contributed by atoms with van der Waals surface area (Å²) in [5.41, 5.74) is 6.91. The van der Waals surface area contributed by atoms with E-state index in [4.69, 9.17) is 5.73 Å². The maximum atomic E-state index is 13.2. The van der Waals surface area contributed by atoms with Gasteiger partial charge in [0.2, 0.25) is 0 Å². The molecular weight excluding hydrogens is 219 g/mol. The molecule has 1 aromatic heterocycles. The molecule has 5 heteroatoms. The lowest BCUT2D eigenvalue weighted by molar-refractivity contribution is 0.618. The van der Waals surface area contributed by atoms with E-state index in [0.717, 1.165) is 11.4 Å². The fraction of sp³-hybridized carbons (Fsp3) is 0.333. The Balaban J connectivity index is 2.39. The van der Waals surface area contributed by atoms with E-state index in [1.807, 2.05) is 7.05 Å². The molecule has 0 aliphatic heterocycles. The molecule has 0 bridgehead atoms. The summed E-state index contributed by atoms with van der Waals surface area (Å²) in [7, 11) is 1.83. The summed E-state index contributed by atoms with van der Waals surface area (Å²) in [5.74, 6) is 1.23. The average Bonchev–Trinajstić information content (AvgIpc) is 2.65. The SMILES string of the molecule is Cc1cc(-c2nc(CCN)n(C)n2)ccc1F. The van der Waals surface area contributed by atoms with Crippen molar-refractivity contribution in [2.45, 2.75) is 13.3 Å². The van der Waals surface area contributed by atoms with E-state index in [2.05, 4.69) is 10.1 Å². The highest BCUT2D eigenvalue weighted by atomic mass is 19.1. The molecular formula is C12H15FN4. The van der Waals surface area contributed by atoms with E-state index >= 15 is 0 Å². The van der Waals surface area contributed by atoms with Crippen LogP contribution in [0.5, 0.6) is 0 Å². The smallest absolute Gasteiger partial charge is 0.181 e. The van der Waals surface area contributed by atoms with Gasteiger partial charge in [0, 0.05) is 19.0 Å². The van der Waals surface area contributed by atoms with Gasteiger partial charge in [-0.3, -0.25) is 4.68 Å². The number of rotatable bonds is 3. The third kappa shape index (κ3) is 2.34. The Bertz CT molecular complexity index is 533. The second-order valence-electron chi connectivity index (χ2n) is 3.98. The second-order valence-corrected chi connectivity index (χ2v) is 3.98. The molecule has 4 nitrogen and oxygen atoms in total. The van der Waals surface area contributed by atoms with Crippen molar-refractivity contribution in [3.8, 4) is 11.4 Å². The van der Waals surface area contributed by atoms with Gasteiger partial charge in [0.05, 0.1) is 0 Å². The number of halogens is 1. The molecule has 1 aromatic carbocycles. The first-order chi connectivity index (χ1) is 8.11. The molecule has 0 fully saturated rings. The van der Waals surface area contributed by atoms with E-state index < -0.39 is 0 Å². The van der Waals surface area contributed by atoms with Gasteiger partial charge in [-0.1, -0.05) is 0 Å². The van der Waals surface area contributed by atoms with Crippen LogP contribution in [0.2, 0.25) is 0 Å². The maximum Gasteiger partial charge on any atom is 0.181 e. The van der Waals surface area contributed by atoms with E-state index in [1.54, 1.807) is 23.7 Å². The summed E-state index contributed by atoms with van der Waals surface area (Å²) >= 11 is 0. The minimum Gasteiger partial charge on any atom is -0.330 e. The van der Waals surface area contributed by atoms with Gasteiger partial charge in [0.15, 0.2) is 5.82 Å². The van der Waals surface area contributed by atoms with Crippen LogP contribution < -0.4 is 5.73 Å². The van der Waals surface area contributed by atoms with Gasteiger partial charge in [-0.15, -0.1) is 0 Å². The molecule has 0 aliphatic carbocycles. The number of benzene rings is 1. The first-order valence-electron chi connectivity index (χ1n) is 5.48. The zero-order valence-electron chi connectivity index (χ0n) is 9.94. The third-order valence-electron chi connectivity index (χ3n) is 2.64. The Kier molecular flexibility index (Phi) is 3.19. The Morgan fingerprint density at radius 3 is 2.82 bits per heavy atom. The van der Waals surface area contributed by atoms with Crippen molar-refractivity contribution in [1.82, 2.24) is 14.8 Å². The lowest BCUT2D eigenvalue weighted by Gasteiger charge is -1.98. The minimum atomic E-state index is -0.216. The molecule has 2 aromatic rings. The molecule has 2 rings (SSSR count). The summed E-state index contributed by atoms with van der Waals surface area (Å²) in [5, 5.41) is 4.30. The number of hydrogen-bond acceptors (Lipinski definition) is 3. The molecule has 2 N–H and O–H groups in total. The van der Waals surface area contributed by atoms with Crippen LogP contribution in [0.15, 0.2) is 18.2 Å². The fourth-order valence-corrected chi connectivity index (χ4v) is 1.67. The number of aryl methyl sites for hydroxylation is 2. The standard InChI is InChI=1S/C12H15FN4/c1-8-7-9(3-4-10(8)13)12-15-11(5-6-14)17(2)16-12/h3-4,7H,5-6,14H2,1-2H3. The Labute approximate surface area is 99.3 Å². The molecule has 0 unspecified atom stereocenters. The maximum absolute atomic E-state index is 13.2. The second kappa shape index (κ2) is 4.63. The largest absolute Gasteiger partial charge is 0.330 e. The molecule has 1 heterocycles. The predicted molar refractivity (Wildman–Crippen MR) is 63.9 cm³/mol. The van der Waals surface area contributed by atoms with Crippen LogP contribution in [0.3, 0.4) is 0 Å². The molecule has 90 valence electrons. The molecule has 17 heavy (non-hydrogen) atoms. The van der Waals surface area contributed by atoms with E-state index in [1.165, 1.54) is 6.07 Å². The van der Waals surface area contributed by atoms with Crippen molar-refractivity contribution in [2.75, 3.05) is 6.54 Å². The monoisotopic (exact) mass is 234 g/mol. The lowest BCUT2D eigenvalue weighted by atomic mass is 10.1. The van der Waals surface area contributed by atoms with Crippen LogP contribution in [0, 0.1) is 12.7 Å². The Hall–Kier alpha value is -1.75. The Morgan fingerprint density at radius 2 is 2.18 bits per heavy atom. The van der Waals surface area contributed by atoms with Gasteiger partial charge >= 0.3 is 0 Å². The molecule has 0 aliphatic rings. The van der Waals surface area contributed by atoms with E-state index in [0.29, 0.717) is 24.4 Å². The van der Waals surface area contributed by atoms with E-state index in [-0.39, 0.29) is 5.82 Å². The highest BCUT2D eigenvalue weighted by molar-refractivity contribution is 5.55. The third-order valence-corrected chi connectivity index (χ3v) is 2.64. The summed E-state index contributed by atoms with van der Waals surface area (Å²) in [6.07, 6.45) is 0.684. The first kappa shape index (κ1) is 11.7. The minimum absolute atomic E-state index is 0.216. The van der Waals surface area contributed by atoms with Crippen LogP contribution in [0.1, 0.15) is 11.4 Å². The summed E-state index contributed by atoms with van der Waals surface area (Å²) in [4.78, 5) is 4.39. The quantitative estimate of drug-likeness (QED) is 0.874. The van der Waals surface area contributed by atoms with Crippen molar-refractivity contribution in [2.24, 2.45) is 12.8 Å². The summed E-state index contributed by atoms with van der Waals surface area (Å²) in [6, 6.07) is 4.87. The van der Waals surface area contributed by atoms with Crippen LogP contribution in [0.4, 0.5) is 4.39 Å². The van der Waals surface area contributed by atoms with Crippen molar-refractivity contribution < 1.29 is 4.39 Å². The number of nitrogens with two attached hydrogens (primary N) is 1. The molecule has 0 radical (unpaired) electrons. The lowest BCUT2D eigenvalue weighted by Crippen LogP contribution is -2.08. The highest BCUT2D eigenvalue weighted by Gasteiger charge is 2.09. The molecule has 0 atom stereocenters. The van der Waals surface area contributed by atoms with Crippen molar-refractivity contribution in [3.05, 3.63) is 35.4 Å². The summed E-state index contributed by atoms with van der Waals surface area (Å²) in [6.45, 7) is 2.26. The number of aromatic nitrogens is 3. The van der Waals surface area contributed by atoms with Crippen LogP contribution in [-0.2, 0) is 13.5 Å². The summed E-state index contributed by atoms with van der Waals surface area (Å²) < 4.78 is 14.9. The van der Waals surface area contributed by atoms with Crippen LogP contribution >= 0.6 is 0 Å². The van der Waals surface area contributed by atoms with Gasteiger partial charge in [-0.2, -0.15) is 5.10 Å². The van der Waals surface area contributed by atoms with Gasteiger partial charge in [-0.25, -0.2) is 9.37 Å². The van der Waals surface area contributed by atoms with Gasteiger partial charge in [0.25, 0.3) is 0 Å². The molecule has 0 amide bonds. The first-order valence-corrected chi connectivity index (χ1v) is 5.48. The van der Waals surface area contributed by atoms with Crippen molar-refractivity contribution >= 4 is 0 Å². The van der Waals surface area contributed by atoms with Crippen molar-refractivity contribution in [3.63, 3.8) is 0 Å². The number of nitrogens with zero attached hydrogens (tertiary/aromatic N) is 3. The Morgan fingerprint density at radius 1 is 1.41 bits per heavy atom. The van der Waals surface area contributed by atoms with Crippen LogP contribution in [-0.4, -0.2) is 21.3 Å². The van der Waals surface area contributed by atoms with Crippen LogP contribution in [0.25, 0.3) is 11.4 Å². The van der Waals surface area contributed by atoms with E-state index in [9.17, 15) is 4.39 Å². The van der Waals surface area contributed by atoms with Crippen molar-refractivity contribution in [1.29, 1.82) is 0 Å². The van der Waals surface area contributed by atoms with Gasteiger partial charge in [0.1, 0.15) is 11.6 Å².